The van der Waals surface area contributed by atoms with Crippen LogP contribution in [0.1, 0.15) is 44.3 Å². The van der Waals surface area contributed by atoms with Crippen LogP contribution in [0, 0.1) is 0 Å². The Labute approximate surface area is 153 Å². The highest BCUT2D eigenvalue weighted by atomic mass is 16.2. The molecule has 0 spiro atoms. The van der Waals surface area contributed by atoms with Crippen LogP contribution in [0.15, 0.2) is 24.3 Å². The van der Waals surface area contributed by atoms with Gasteiger partial charge in [0.1, 0.15) is 5.82 Å². The standard InChI is InChI=1S/C19H27N5O2/c25-18(11-13-21-19(26)22-14-6-2-1-3-7-14)20-12-10-17-23-15-8-4-5-9-16(15)24-17/h4-5,8-9,14H,1-3,6-7,10-13H2,(H,20,25)(H,23,24)(H2,21,22,26). The summed E-state index contributed by atoms with van der Waals surface area (Å²) in [6.07, 6.45) is 6.64. The molecule has 0 aliphatic heterocycles. The Balaban J connectivity index is 1.28. The third-order valence-electron chi connectivity index (χ3n) is 4.70. The van der Waals surface area contributed by atoms with E-state index in [0.717, 1.165) is 29.7 Å². The van der Waals surface area contributed by atoms with Crippen LogP contribution in [-0.2, 0) is 11.2 Å². The molecule has 2 aromatic rings. The van der Waals surface area contributed by atoms with Crippen molar-refractivity contribution in [3.63, 3.8) is 0 Å². The first-order valence-corrected chi connectivity index (χ1v) is 9.45. The molecule has 1 aromatic carbocycles. The van der Waals surface area contributed by atoms with Crippen molar-refractivity contribution in [2.45, 2.75) is 51.0 Å². The second-order valence-electron chi connectivity index (χ2n) is 6.79. The molecule has 3 rings (SSSR count). The van der Waals surface area contributed by atoms with Crippen LogP contribution in [0.2, 0.25) is 0 Å². The Kier molecular flexibility index (Phi) is 6.46. The third-order valence-corrected chi connectivity index (χ3v) is 4.70. The number of hydrogen-bond donors (Lipinski definition) is 4. The fourth-order valence-corrected chi connectivity index (χ4v) is 3.31. The van der Waals surface area contributed by atoms with E-state index in [4.69, 9.17) is 0 Å². The number of aromatic nitrogens is 2. The zero-order valence-corrected chi connectivity index (χ0v) is 15.0. The van der Waals surface area contributed by atoms with E-state index in [9.17, 15) is 9.59 Å². The summed E-state index contributed by atoms with van der Waals surface area (Å²) in [5, 5.41) is 8.59. The van der Waals surface area contributed by atoms with E-state index in [0.29, 0.717) is 19.5 Å². The number of imidazole rings is 1. The molecule has 0 atom stereocenters. The monoisotopic (exact) mass is 357 g/mol. The second kappa shape index (κ2) is 9.22. The first-order chi connectivity index (χ1) is 12.7. The van der Waals surface area contributed by atoms with Crippen molar-refractivity contribution in [1.29, 1.82) is 0 Å². The van der Waals surface area contributed by atoms with Gasteiger partial charge in [-0.1, -0.05) is 31.4 Å². The van der Waals surface area contributed by atoms with Gasteiger partial charge in [0, 0.05) is 32.0 Å². The van der Waals surface area contributed by atoms with Gasteiger partial charge in [0.2, 0.25) is 5.91 Å². The molecule has 140 valence electrons. The maximum atomic E-state index is 11.9. The van der Waals surface area contributed by atoms with Crippen molar-refractivity contribution in [2.75, 3.05) is 13.1 Å². The molecule has 0 saturated heterocycles. The lowest BCUT2D eigenvalue weighted by Crippen LogP contribution is -2.43. The van der Waals surface area contributed by atoms with Crippen LogP contribution >= 0.6 is 0 Å². The maximum Gasteiger partial charge on any atom is 0.315 e. The molecule has 7 nitrogen and oxygen atoms in total. The smallest absolute Gasteiger partial charge is 0.315 e. The fraction of sp³-hybridized carbons (Fsp3) is 0.526. The quantitative estimate of drug-likeness (QED) is 0.611. The number of amides is 3. The Hall–Kier alpha value is -2.57. The molecule has 0 unspecified atom stereocenters. The summed E-state index contributed by atoms with van der Waals surface area (Å²) in [6.45, 7) is 0.863. The number of benzene rings is 1. The molecule has 1 heterocycles. The summed E-state index contributed by atoms with van der Waals surface area (Å²) in [4.78, 5) is 31.4. The summed E-state index contributed by atoms with van der Waals surface area (Å²) < 4.78 is 0. The Bertz CT molecular complexity index is 703. The van der Waals surface area contributed by atoms with E-state index >= 15 is 0 Å². The molecule has 7 heteroatoms. The third kappa shape index (κ3) is 5.47. The Morgan fingerprint density at radius 1 is 1.08 bits per heavy atom. The van der Waals surface area contributed by atoms with Crippen LogP contribution < -0.4 is 16.0 Å². The molecule has 1 saturated carbocycles. The molecule has 1 aliphatic rings. The first-order valence-electron chi connectivity index (χ1n) is 9.45. The Morgan fingerprint density at radius 3 is 2.69 bits per heavy atom. The van der Waals surface area contributed by atoms with Gasteiger partial charge in [0.15, 0.2) is 0 Å². The number of hydrogen-bond acceptors (Lipinski definition) is 3. The van der Waals surface area contributed by atoms with Gasteiger partial charge in [-0.15, -0.1) is 0 Å². The van der Waals surface area contributed by atoms with Gasteiger partial charge in [0.05, 0.1) is 11.0 Å². The number of para-hydroxylation sites is 2. The van der Waals surface area contributed by atoms with Gasteiger partial charge in [-0.05, 0) is 25.0 Å². The zero-order chi connectivity index (χ0) is 18.2. The predicted molar refractivity (Wildman–Crippen MR) is 101 cm³/mol. The predicted octanol–water partition coefficient (Wildman–Crippen LogP) is 2.24. The second-order valence-corrected chi connectivity index (χ2v) is 6.79. The van der Waals surface area contributed by atoms with Crippen molar-refractivity contribution in [3.05, 3.63) is 30.1 Å². The molecular formula is C19H27N5O2. The van der Waals surface area contributed by atoms with Gasteiger partial charge in [-0.2, -0.15) is 0 Å². The van der Waals surface area contributed by atoms with Gasteiger partial charge in [-0.3, -0.25) is 4.79 Å². The van der Waals surface area contributed by atoms with Gasteiger partial charge in [-0.25, -0.2) is 9.78 Å². The number of fused-ring (bicyclic) bond motifs is 1. The average Bonchev–Trinajstić information content (AvgIpc) is 3.05. The van der Waals surface area contributed by atoms with E-state index in [1.54, 1.807) is 0 Å². The lowest BCUT2D eigenvalue weighted by molar-refractivity contribution is -0.120. The number of urea groups is 1. The van der Waals surface area contributed by atoms with E-state index in [1.165, 1.54) is 19.3 Å². The van der Waals surface area contributed by atoms with Crippen molar-refractivity contribution in [1.82, 2.24) is 25.9 Å². The van der Waals surface area contributed by atoms with E-state index in [1.807, 2.05) is 24.3 Å². The lowest BCUT2D eigenvalue weighted by atomic mass is 9.96. The molecule has 4 N–H and O–H groups in total. The van der Waals surface area contributed by atoms with Crippen molar-refractivity contribution in [2.24, 2.45) is 0 Å². The van der Waals surface area contributed by atoms with Crippen LogP contribution in [0.25, 0.3) is 11.0 Å². The summed E-state index contributed by atoms with van der Waals surface area (Å²) in [5.41, 5.74) is 1.93. The van der Waals surface area contributed by atoms with Gasteiger partial charge in [0.25, 0.3) is 0 Å². The summed E-state index contributed by atoms with van der Waals surface area (Å²) >= 11 is 0. The largest absolute Gasteiger partial charge is 0.356 e. The van der Waals surface area contributed by atoms with Crippen LogP contribution in [-0.4, -0.2) is 41.0 Å². The number of nitrogens with one attached hydrogen (secondary N) is 4. The van der Waals surface area contributed by atoms with Crippen molar-refractivity contribution in [3.8, 4) is 0 Å². The number of carbonyl (C=O) groups is 2. The number of nitrogens with zero attached hydrogens (tertiary/aromatic N) is 1. The van der Waals surface area contributed by atoms with Crippen LogP contribution in [0.3, 0.4) is 0 Å². The van der Waals surface area contributed by atoms with E-state index in [-0.39, 0.29) is 24.4 Å². The highest BCUT2D eigenvalue weighted by molar-refractivity contribution is 5.78. The zero-order valence-electron chi connectivity index (χ0n) is 15.0. The molecule has 26 heavy (non-hydrogen) atoms. The number of rotatable bonds is 7. The fourth-order valence-electron chi connectivity index (χ4n) is 3.31. The van der Waals surface area contributed by atoms with Gasteiger partial charge >= 0.3 is 6.03 Å². The van der Waals surface area contributed by atoms with Crippen LogP contribution in [0.4, 0.5) is 4.79 Å². The normalized spacial score (nSPS) is 14.9. The SMILES string of the molecule is O=C(CCNC(=O)NC1CCCCC1)NCCc1nc2ccccc2[nH]1. The highest BCUT2D eigenvalue weighted by Crippen LogP contribution is 2.17. The van der Waals surface area contributed by atoms with Crippen molar-refractivity contribution < 1.29 is 9.59 Å². The summed E-state index contributed by atoms with van der Waals surface area (Å²) in [5.74, 6) is 0.788. The number of carbonyl (C=O) groups excluding carboxylic acids is 2. The van der Waals surface area contributed by atoms with Gasteiger partial charge < -0.3 is 20.9 Å². The highest BCUT2D eigenvalue weighted by Gasteiger charge is 2.15. The minimum absolute atomic E-state index is 0.0703. The minimum Gasteiger partial charge on any atom is -0.356 e. The molecule has 1 aromatic heterocycles. The molecular weight excluding hydrogens is 330 g/mol. The molecule has 3 amide bonds. The average molecular weight is 357 g/mol. The minimum atomic E-state index is -0.174. The van der Waals surface area contributed by atoms with Crippen molar-refractivity contribution >= 4 is 23.0 Å². The topological polar surface area (TPSA) is 98.9 Å². The number of H-pyrrole nitrogens is 1. The van der Waals surface area contributed by atoms with E-state index < -0.39 is 0 Å². The summed E-state index contributed by atoms with van der Waals surface area (Å²) in [7, 11) is 0. The Morgan fingerprint density at radius 2 is 1.88 bits per heavy atom. The van der Waals surface area contributed by atoms with Crippen LogP contribution in [0.5, 0.6) is 0 Å². The summed E-state index contributed by atoms with van der Waals surface area (Å²) in [6, 6.07) is 7.95. The van der Waals surface area contributed by atoms with E-state index in [2.05, 4.69) is 25.9 Å². The molecule has 1 aliphatic carbocycles. The number of aromatic amines is 1. The first kappa shape index (κ1) is 18.2. The molecule has 1 fully saturated rings. The molecule has 0 bridgehead atoms. The molecule has 0 radical (unpaired) electrons. The maximum absolute atomic E-state index is 11.9. The lowest BCUT2D eigenvalue weighted by Gasteiger charge is -2.22.